The summed E-state index contributed by atoms with van der Waals surface area (Å²) < 4.78 is 15.6. The molecule has 9 heteroatoms. The number of carbonyl (C=O) groups excluding carboxylic acids is 1. The SMILES string of the molecule is O=C1C[C@H](n2nnn(-c3ccc(I)cc3)c2=S)[C@H]2CO[C@@H]1O2. The van der Waals surface area contributed by atoms with E-state index in [0.717, 1.165) is 9.26 Å². The molecule has 2 saturated heterocycles. The maximum atomic E-state index is 11.9. The maximum absolute atomic E-state index is 11.9. The fourth-order valence-electron chi connectivity index (χ4n) is 2.68. The molecule has 1 aromatic heterocycles. The molecule has 2 aromatic rings. The molecule has 7 nitrogen and oxygen atoms in total. The van der Waals surface area contributed by atoms with E-state index in [4.69, 9.17) is 21.7 Å². The molecule has 0 aliphatic carbocycles. The Morgan fingerprint density at radius 1 is 1.27 bits per heavy atom. The van der Waals surface area contributed by atoms with Crippen molar-refractivity contribution >= 4 is 40.6 Å². The van der Waals surface area contributed by atoms with Crippen LogP contribution in [0, 0.1) is 8.34 Å². The predicted molar refractivity (Wildman–Crippen MR) is 86.2 cm³/mol. The van der Waals surface area contributed by atoms with Crippen molar-refractivity contribution < 1.29 is 14.3 Å². The molecular formula is C13H11IN4O3S. The van der Waals surface area contributed by atoms with Gasteiger partial charge in [0.1, 0.15) is 6.10 Å². The molecule has 0 N–H and O–H groups in total. The number of ketones is 1. The first kappa shape index (κ1) is 14.4. The number of ether oxygens (including phenoxy) is 2. The average molecular weight is 430 g/mol. The first-order chi connectivity index (χ1) is 10.6. The minimum atomic E-state index is -0.721. The molecule has 4 rings (SSSR count). The second-order valence-electron chi connectivity index (χ2n) is 5.17. The van der Waals surface area contributed by atoms with Crippen LogP contribution in [-0.4, -0.2) is 44.6 Å². The molecule has 3 atom stereocenters. The number of tetrazole rings is 1. The van der Waals surface area contributed by atoms with Gasteiger partial charge in [0, 0.05) is 9.99 Å². The Labute approximate surface area is 144 Å². The van der Waals surface area contributed by atoms with E-state index in [1.165, 1.54) is 0 Å². The lowest BCUT2D eigenvalue weighted by Gasteiger charge is -2.25. The zero-order valence-electron chi connectivity index (χ0n) is 11.3. The van der Waals surface area contributed by atoms with Crippen LogP contribution in [0.1, 0.15) is 12.5 Å². The van der Waals surface area contributed by atoms with Crippen LogP contribution in [0.3, 0.4) is 0 Å². The zero-order valence-corrected chi connectivity index (χ0v) is 14.2. The normalized spacial score (nSPS) is 27.3. The van der Waals surface area contributed by atoms with Gasteiger partial charge < -0.3 is 9.47 Å². The van der Waals surface area contributed by atoms with Crippen LogP contribution in [0.4, 0.5) is 0 Å². The third-order valence-electron chi connectivity index (χ3n) is 3.80. The van der Waals surface area contributed by atoms with Gasteiger partial charge in [-0.3, -0.25) is 4.79 Å². The van der Waals surface area contributed by atoms with Crippen LogP contribution < -0.4 is 0 Å². The molecule has 0 amide bonds. The van der Waals surface area contributed by atoms with E-state index in [-0.39, 0.29) is 17.9 Å². The number of fused-ring (bicyclic) bond motifs is 2. The summed E-state index contributed by atoms with van der Waals surface area (Å²) in [5.74, 6) is -0.0792. The monoisotopic (exact) mass is 430 g/mol. The van der Waals surface area contributed by atoms with Crippen molar-refractivity contribution in [1.29, 1.82) is 0 Å². The Kier molecular flexibility index (Phi) is 3.59. The summed E-state index contributed by atoms with van der Waals surface area (Å²) in [6.07, 6.45) is -0.632. The number of halogens is 1. The summed E-state index contributed by atoms with van der Waals surface area (Å²) in [7, 11) is 0. The van der Waals surface area contributed by atoms with E-state index >= 15 is 0 Å². The van der Waals surface area contributed by atoms with Gasteiger partial charge in [0.05, 0.1) is 18.3 Å². The maximum Gasteiger partial charge on any atom is 0.221 e. The molecule has 0 spiro atoms. The van der Waals surface area contributed by atoms with Gasteiger partial charge in [0.2, 0.25) is 11.1 Å². The summed E-state index contributed by atoms with van der Waals surface area (Å²) in [6, 6.07) is 7.52. The number of aromatic nitrogens is 4. The highest BCUT2D eigenvalue weighted by Crippen LogP contribution is 2.32. The van der Waals surface area contributed by atoms with Crippen molar-refractivity contribution in [3.8, 4) is 5.69 Å². The van der Waals surface area contributed by atoms with Crippen LogP contribution in [0.5, 0.6) is 0 Å². The Bertz CT molecular complexity index is 787. The van der Waals surface area contributed by atoms with Gasteiger partial charge in [-0.15, -0.1) is 0 Å². The third-order valence-corrected chi connectivity index (χ3v) is 4.88. The molecule has 3 heterocycles. The van der Waals surface area contributed by atoms with Crippen LogP contribution in [0.15, 0.2) is 24.3 Å². The fraction of sp³-hybridized carbons (Fsp3) is 0.385. The van der Waals surface area contributed by atoms with E-state index in [1.807, 2.05) is 24.3 Å². The number of hydrogen-bond acceptors (Lipinski definition) is 6. The van der Waals surface area contributed by atoms with Gasteiger partial charge in [0.15, 0.2) is 5.78 Å². The molecule has 0 unspecified atom stereocenters. The number of benzene rings is 1. The molecule has 2 aliphatic heterocycles. The molecule has 1 aromatic carbocycles. The van der Waals surface area contributed by atoms with E-state index in [0.29, 0.717) is 17.8 Å². The topological polar surface area (TPSA) is 71.2 Å². The Morgan fingerprint density at radius 3 is 2.82 bits per heavy atom. The molecule has 114 valence electrons. The lowest BCUT2D eigenvalue weighted by atomic mass is 10.0. The van der Waals surface area contributed by atoms with Crippen molar-refractivity contribution in [2.45, 2.75) is 24.9 Å². The van der Waals surface area contributed by atoms with Crippen molar-refractivity contribution in [1.82, 2.24) is 19.8 Å². The lowest BCUT2D eigenvalue weighted by molar-refractivity contribution is -0.156. The highest BCUT2D eigenvalue weighted by molar-refractivity contribution is 14.1. The van der Waals surface area contributed by atoms with E-state index in [2.05, 4.69) is 33.0 Å². The van der Waals surface area contributed by atoms with Crippen LogP contribution in [0.2, 0.25) is 0 Å². The lowest BCUT2D eigenvalue weighted by Crippen LogP contribution is -2.37. The number of hydrogen-bond donors (Lipinski definition) is 0. The van der Waals surface area contributed by atoms with E-state index < -0.39 is 6.29 Å². The number of nitrogens with zero attached hydrogens (tertiary/aromatic N) is 4. The van der Waals surface area contributed by atoms with Crippen molar-refractivity contribution in [3.05, 3.63) is 32.6 Å². The summed E-state index contributed by atoms with van der Waals surface area (Å²) in [4.78, 5) is 11.9. The number of carbonyl (C=O) groups is 1. The highest BCUT2D eigenvalue weighted by Gasteiger charge is 2.45. The zero-order chi connectivity index (χ0) is 15.3. The van der Waals surface area contributed by atoms with Crippen LogP contribution >= 0.6 is 34.8 Å². The average Bonchev–Trinajstić information content (AvgIpc) is 3.10. The summed E-state index contributed by atoms with van der Waals surface area (Å²) in [5.41, 5.74) is 0.834. The Balaban J connectivity index is 1.71. The second kappa shape index (κ2) is 5.48. The molecule has 2 fully saturated rings. The van der Waals surface area contributed by atoms with Crippen molar-refractivity contribution in [3.63, 3.8) is 0 Å². The minimum Gasteiger partial charge on any atom is -0.343 e. The van der Waals surface area contributed by atoms with Crippen molar-refractivity contribution in [2.75, 3.05) is 6.61 Å². The molecule has 2 aliphatic rings. The largest absolute Gasteiger partial charge is 0.343 e. The standard InChI is InChI=1S/C13H11IN4O3S/c14-7-1-3-8(4-2-7)17-13(22)18(16-15-17)9-5-10(19)12-20-6-11(9)21-12/h1-4,9,11-12H,5-6H2/t9-,11+,12+/m0/s1. The fourth-order valence-corrected chi connectivity index (χ4v) is 3.35. The van der Waals surface area contributed by atoms with Gasteiger partial charge in [-0.05, 0) is 69.5 Å². The quantitative estimate of drug-likeness (QED) is 0.533. The summed E-state index contributed by atoms with van der Waals surface area (Å²) in [5, 5.41) is 8.24. The van der Waals surface area contributed by atoms with E-state index in [1.54, 1.807) is 9.36 Å². The van der Waals surface area contributed by atoms with Gasteiger partial charge in [-0.2, -0.15) is 4.68 Å². The first-order valence-corrected chi connectivity index (χ1v) is 8.22. The molecule has 22 heavy (non-hydrogen) atoms. The predicted octanol–water partition coefficient (Wildman–Crippen LogP) is 1.66. The third kappa shape index (κ3) is 2.32. The highest BCUT2D eigenvalue weighted by atomic mass is 127. The summed E-state index contributed by atoms with van der Waals surface area (Å²) in [6.45, 7) is 0.374. The summed E-state index contributed by atoms with van der Waals surface area (Å²) >= 11 is 7.70. The van der Waals surface area contributed by atoms with Crippen LogP contribution in [0.25, 0.3) is 5.69 Å². The van der Waals surface area contributed by atoms with Crippen LogP contribution in [-0.2, 0) is 14.3 Å². The molecule has 2 bridgehead atoms. The Morgan fingerprint density at radius 2 is 2.05 bits per heavy atom. The second-order valence-corrected chi connectivity index (χ2v) is 6.78. The molecular weight excluding hydrogens is 419 g/mol. The Hall–Kier alpha value is -1.17. The van der Waals surface area contributed by atoms with Gasteiger partial charge in [-0.1, -0.05) is 0 Å². The number of Topliss-reactive ketones (excluding diaryl/α,β-unsaturated/α-hetero) is 1. The molecule has 0 saturated carbocycles. The smallest absolute Gasteiger partial charge is 0.221 e. The minimum absolute atomic E-state index is 0.0792. The van der Waals surface area contributed by atoms with Gasteiger partial charge in [-0.25, -0.2) is 4.68 Å². The van der Waals surface area contributed by atoms with Gasteiger partial charge >= 0.3 is 0 Å². The molecule has 0 radical (unpaired) electrons. The van der Waals surface area contributed by atoms with Gasteiger partial charge in [0.25, 0.3) is 0 Å². The van der Waals surface area contributed by atoms with E-state index in [9.17, 15) is 4.79 Å². The first-order valence-electron chi connectivity index (χ1n) is 6.74. The van der Waals surface area contributed by atoms with Crippen molar-refractivity contribution in [2.24, 2.45) is 0 Å². The number of rotatable bonds is 2.